The van der Waals surface area contributed by atoms with E-state index < -0.39 is 11.9 Å². The second kappa shape index (κ2) is 10.1. The van der Waals surface area contributed by atoms with E-state index in [1.54, 1.807) is 6.92 Å². The minimum absolute atomic E-state index is 0.0610. The van der Waals surface area contributed by atoms with E-state index in [9.17, 15) is 14.7 Å². The molecule has 4 aromatic rings. The molecule has 188 valence electrons. The van der Waals surface area contributed by atoms with Crippen molar-refractivity contribution in [1.29, 1.82) is 0 Å². The highest BCUT2D eigenvalue weighted by atomic mass is 35.5. The van der Waals surface area contributed by atoms with Crippen LogP contribution in [-0.4, -0.2) is 59.1 Å². The molecule has 1 unspecified atom stereocenters. The van der Waals surface area contributed by atoms with E-state index in [4.69, 9.17) is 27.9 Å². The zero-order chi connectivity index (χ0) is 26.2. The lowest BCUT2D eigenvalue weighted by Gasteiger charge is -2.30. The zero-order valence-corrected chi connectivity index (χ0v) is 22.4. The van der Waals surface area contributed by atoms with Crippen LogP contribution >= 0.6 is 34.5 Å². The van der Waals surface area contributed by atoms with Crippen LogP contribution in [0.25, 0.3) is 10.2 Å². The zero-order valence-electron chi connectivity index (χ0n) is 20.1. The summed E-state index contributed by atoms with van der Waals surface area (Å²) in [4.78, 5) is 32.1. The molecule has 1 amide bonds. The van der Waals surface area contributed by atoms with E-state index in [0.29, 0.717) is 32.7 Å². The van der Waals surface area contributed by atoms with Gasteiger partial charge >= 0.3 is 5.97 Å². The predicted molar refractivity (Wildman–Crippen MR) is 143 cm³/mol. The monoisotopic (exact) mass is 547 g/mol. The number of aromatic carboxylic acids is 1. The molecule has 2 heterocycles. The van der Waals surface area contributed by atoms with Gasteiger partial charge in [0.1, 0.15) is 23.5 Å². The van der Waals surface area contributed by atoms with Gasteiger partial charge in [-0.05, 0) is 24.6 Å². The Hall–Kier alpha value is -3.11. The molecule has 2 aromatic heterocycles. The highest BCUT2D eigenvalue weighted by Crippen LogP contribution is 2.37. The average molecular weight is 548 g/mol. The number of carbonyl (C=O) groups is 2. The number of aromatic nitrogens is 2. The minimum Gasteiger partial charge on any atom is -0.478 e. The number of fused-ring (bicyclic) bond motifs is 1. The van der Waals surface area contributed by atoms with Gasteiger partial charge in [-0.3, -0.25) is 10.1 Å². The Kier molecular flexibility index (Phi) is 7.28. The van der Waals surface area contributed by atoms with Gasteiger partial charge in [-0.15, -0.1) is 0 Å². The van der Waals surface area contributed by atoms with Crippen LogP contribution in [0.3, 0.4) is 0 Å². The third-order valence-corrected chi connectivity index (χ3v) is 7.23. The molecule has 36 heavy (non-hydrogen) atoms. The fraction of sp³-hybridized carbons (Fsp3) is 0.240. The molecule has 0 saturated carbocycles. The smallest absolute Gasteiger partial charge is 0.335 e. The number of anilines is 1. The Bertz CT molecular complexity index is 1440. The van der Waals surface area contributed by atoms with Gasteiger partial charge in [-0.2, -0.15) is 0 Å². The number of benzene rings is 2. The second-order valence-corrected chi connectivity index (χ2v) is 11.1. The fourth-order valence-corrected chi connectivity index (χ4v) is 5.02. The molecule has 0 aliphatic heterocycles. The number of nitrogens with zero attached hydrogens (tertiary/aromatic N) is 2. The van der Waals surface area contributed by atoms with E-state index in [1.807, 2.05) is 30.3 Å². The van der Waals surface area contributed by atoms with E-state index in [1.165, 1.54) is 12.1 Å². The van der Waals surface area contributed by atoms with Crippen LogP contribution in [0.1, 0.15) is 38.2 Å². The summed E-state index contributed by atoms with van der Waals surface area (Å²) in [5.41, 5.74) is 2.16. The standard InChI is InChI=1S/C25H24Cl2N4O4S/c1-13-19(26)20(27)22(28-13)23(32)30-25-29-21-16(10-15(24(33)34)11-18(21)36-25)35-17(12-31(2,3)4)14-8-6-5-7-9-14/h5-11,17H,12H2,1-4H3,(H2-,28,29,30,32,33,34)/p+1. The molecular weight excluding hydrogens is 523 g/mol. The van der Waals surface area contributed by atoms with Crippen molar-refractivity contribution >= 4 is 61.8 Å². The maximum atomic E-state index is 12.8. The first-order valence-corrected chi connectivity index (χ1v) is 12.5. The van der Waals surface area contributed by atoms with Gasteiger partial charge in [0, 0.05) is 5.69 Å². The number of thiazole rings is 1. The third-order valence-electron chi connectivity index (χ3n) is 5.36. The van der Waals surface area contributed by atoms with Crippen molar-refractivity contribution < 1.29 is 23.9 Å². The van der Waals surface area contributed by atoms with E-state index in [-0.39, 0.29) is 32.5 Å². The summed E-state index contributed by atoms with van der Waals surface area (Å²) < 4.78 is 7.61. The topological polar surface area (TPSA) is 104 Å². The maximum Gasteiger partial charge on any atom is 0.335 e. The summed E-state index contributed by atoms with van der Waals surface area (Å²) in [6, 6.07) is 12.7. The van der Waals surface area contributed by atoms with E-state index in [0.717, 1.165) is 16.9 Å². The van der Waals surface area contributed by atoms with Crippen LogP contribution in [-0.2, 0) is 0 Å². The third kappa shape index (κ3) is 5.65. The molecule has 0 radical (unpaired) electrons. The van der Waals surface area contributed by atoms with Crippen LogP contribution in [0, 0.1) is 6.92 Å². The Morgan fingerprint density at radius 2 is 1.86 bits per heavy atom. The quantitative estimate of drug-likeness (QED) is 0.234. The highest BCUT2D eigenvalue weighted by Gasteiger charge is 2.25. The van der Waals surface area contributed by atoms with Crippen molar-refractivity contribution in [3.8, 4) is 5.75 Å². The molecule has 0 aliphatic rings. The molecule has 1 atom stereocenters. The molecule has 0 bridgehead atoms. The van der Waals surface area contributed by atoms with E-state index >= 15 is 0 Å². The molecule has 0 spiro atoms. The van der Waals surface area contributed by atoms with E-state index in [2.05, 4.69) is 36.4 Å². The van der Waals surface area contributed by atoms with Gasteiger partial charge in [0.15, 0.2) is 11.2 Å². The van der Waals surface area contributed by atoms with Crippen molar-refractivity contribution in [2.75, 3.05) is 33.0 Å². The van der Waals surface area contributed by atoms with Crippen molar-refractivity contribution in [3.63, 3.8) is 0 Å². The van der Waals surface area contributed by atoms with Crippen molar-refractivity contribution in [3.05, 3.63) is 75.0 Å². The molecular formula is C25H25Cl2N4O4S+. The molecule has 8 nitrogen and oxygen atoms in total. The van der Waals surface area contributed by atoms with Gasteiger partial charge in [0.2, 0.25) is 0 Å². The summed E-state index contributed by atoms with van der Waals surface area (Å²) in [5.74, 6) is -1.28. The molecule has 0 fully saturated rings. The van der Waals surface area contributed by atoms with Gasteiger partial charge in [-0.1, -0.05) is 64.9 Å². The lowest BCUT2D eigenvalue weighted by molar-refractivity contribution is -0.873. The number of likely N-dealkylation sites (N-methyl/N-ethyl adjacent to an activating group) is 1. The van der Waals surface area contributed by atoms with Gasteiger partial charge < -0.3 is 19.3 Å². The Morgan fingerprint density at radius 3 is 2.44 bits per heavy atom. The first-order valence-electron chi connectivity index (χ1n) is 11.0. The Balaban J connectivity index is 1.73. The molecule has 3 N–H and O–H groups in total. The number of hydrogen-bond acceptors (Lipinski definition) is 5. The number of ether oxygens (including phenoxy) is 1. The molecule has 4 rings (SSSR count). The van der Waals surface area contributed by atoms with Crippen molar-refractivity contribution in [1.82, 2.24) is 9.97 Å². The number of nitrogens with one attached hydrogen (secondary N) is 2. The SMILES string of the molecule is Cc1[nH]c(C(=O)Nc2nc3c(OC(C[N+](C)(C)C)c4ccccc4)cc(C(=O)O)cc3s2)c(Cl)c1Cl. The number of carboxylic acid groups (broad SMARTS) is 1. The largest absolute Gasteiger partial charge is 0.478 e. The van der Waals surface area contributed by atoms with Crippen LogP contribution in [0.15, 0.2) is 42.5 Å². The average Bonchev–Trinajstić information content (AvgIpc) is 3.33. The van der Waals surface area contributed by atoms with Crippen LogP contribution in [0.5, 0.6) is 5.75 Å². The first-order chi connectivity index (χ1) is 16.9. The molecule has 0 saturated heterocycles. The minimum atomic E-state index is -1.09. The number of rotatable bonds is 8. The number of amides is 1. The summed E-state index contributed by atoms with van der Waals surface area (Å²) in [7, 11) is 6.16. The number of carbonyl (C=O) groups excluding carboxylic acids is 1. The lowest BCUT2D eigenvalue weighted by atomic mass is 10.1. The number of H-pyrrole nitrogens is 1. The van der Waals surface area contributed by atoms with Crippen LogP contribution in [0.4, 0.5) is 5.13 Å². The predicted octanol–water partition coefficient (Wildman–Crippen LogP) is 6.02. The summed E-state index contributed by atoms with van der Waals surface area (Å²) in [6.45, 7) is 2.33. The fourth-order valence-electron chi connectivity index (χ4n) is 3.68. The summed E-state index contributed by atoms with van der Waals surface area (Å²) in [5, 5.41) is 13.1. The number of aryl methyl sites for hydroxylation is 1. The van der Waals surface area contributed by atoms with Crippen molar-refractivity contribution in [2.45, 2.75) is 13.0 Å². The normalized spacial score (nSPS) is 12.5. The van der Waals surface area contributed by atoms with Crippen LogP contribution < -0.4 is 10.1 Å². The molecule has 2 aromatic carbocycles. The van der Waals surface area contributed by atoms with Crippen LogP contribution in [0.2, 0.25) is 10.0 Å². The summed E-state index contributed by atoms with van der Waals surface area (Å²) >= 11 is 13.4. The van der Waals surface area contributed by atoms with Gasteiger partial charge in [-0.25, -0.2) is 9.78 Å². The second-order valence-electron chi connectivity index (χ2n) is 9.34. The number of quaternary nitrogens is 1. The van der Waals surface area contributed by atoms with Gasteiger partial charge in [0.05, 0.1) is 41.5 Å². The number of hydrogen-bond donors (Lipinski definition) is 3. The number of carboxylic acids is 1. The molecule has 11 heteroatoms. The summed E-state index contributed by atoms with van der Waals surface area (Å²) in [6.07, 6.45) is -0.360. The lowest BCUT2D eigenvalue weighted by Crippen LogP contribution is -2.39. The highest BCUT2D eigenvalue weighted by molar-refractivity contribution is 7.22. The first kappa shape index (κ1) is 26.0. The number of halogens is 2. The Morgan fingerprint density at radius 1 is 1.17 bits per heavy atom. The maximum absolute atomic E-state index is 12.8. The molecule has 0 aliphatic carbocycles. The van der Waals surface area contributed by atoms with Crippen molar-refractivity contribution in [2.24, 2.45) is 0 Å². The van der Waals surface area contributed by atoms with Gasteiger partial charge in [0.25, 0.3) is 5.91 Å². The number of aromatic amines is 1. The Labute approximate surface area is 222 Å².